The van der Waals surface area contributed by atoms with Gasteiger partial charge in [0.15, 0.2) is 0 Å². The Morgan fingerprint density at radius 3 is 1.71 bits per heavy atom. The predicted molar refractivity (Wildman–Crippen MR) is 76.8 cm³/mol. The van der Waals surface area contributed by atoms with Gasteiger partial charge in [-0.25, -0.2) is 0 Å². The molecule has 0 heterocycles. The van der Waals surface area contributed by atoms with Gasteiger partial charge in [-0.05, 0) is 6.42 Å². The molecule has 0 aromatic rings. The summed E-state index contributed by atoms with van der Waals surface area (Å²) in [5, 5.41) is 8.60. The van der Waals surface area contributed by atoms with Crippen molar-refractivity contribution >= 4 is 10.8 Å². The van der Waals surface area contributed by atoms with Crippen molar-refractivity contribution in [2.24, 2.45) is 0 Å². The van der Waals surface area contributed by atoms with Gasteiger partial charge in [0.05, 0.1) is 6.61 Å². The van der Waals surface area contributed by atoms with Crippen molar-refractivity contribution < 1.29 is 9.32 Å². The summed E-state index contributed by atoms with van der Waals surface area (Å²) >= 11 is 0. The van der Waals surface area contributed by atoms with E-state index in [-0.39, 0.29) is 6.61 Å². The second-order valence-electron chi connectivity index (χ2n) is 4.75. The molecule has 1 atom stereocenters. The highest BCUT2D eigenvalue weighted by Crippen LogP contribution is 2.10. The Hall–Kier alpha value is 0.110. The Bertz CT molecular complexity index is 172. The van der Waals surface area contributed by atoms with Crippen molar-refractivity contribution in [1.82, 2.24) is 0 Å². The first kappa shape index (κ1) is 17.1. The van der Waals surface area contributed by atoms with Crippen LogP contribution in [0.2, 0.25) is 0 Å². The topological polar surface area (TPSA) is 37.3 Å². The Balaban J connectivity index is 3.01. The number of aliphatic hydroxyl groups excluding tert-OH is 1. The molecular formula is C14H30O2S. The Kier molecular flexibility index (Phi) is 14.3. The standard InChI is InChI=1S/C14H30O2S/c1-2-3-4-5-6-7-8-9-10-11-13-17(16)14-12-15/h15H,2-14H2,1H3/t17-/m0/s1. The van der Waals surface area contributed by atoms with Crippen LogP contribution in [0.15, 0.2) is 0 Å². The number of hydrogen-bond acceptors (Lipinski definition) is 2. The fourth-order valence-corrected chi connectivity index (χ4v) is 2.89. The van der Waals surface area contributed by atoms with Crippen molar-refractivity contribution in [3.8, 4) is 0 Å². The van der Waals surface area contributed by atoms with E-state index in [1.807, 2.05) is 0 Å². The van der Waals surface area contributed by atoms with Crippen LogP contribution in [0.25, 0.3) is 0 Å². The average Bonchev–Trinajstić information content (AvgIpc) is 2.32. The molecule has 0 aromatic heterocycles. The third-order valence-corrected chi connectivity index (χ3v) is 4.43. The summed E-state index contributed by atoms with van der Waals surface area (Å²) in [5.41, 5.74) is 0. The zero-order valence-electron chi connectivity index (χ0n) is 11.5. The molecular weight excluding hydrogens is 232 g/mol. The summed E-state index contributed by atoms with van der Waals surface area (Å²) in [7, 11) is -0.783. The summed E-state index contributed by atoms with van der Waals surface area (Å²) in [4.78, 5) is 0. The molecule has 0 saturated heterocycles. The lowest BCUT2D eigenvalue weighted by Crippen LogP contribution is -2.05. The van der Waals surface area contributed by atoms with Crippen LogP contribution in [-0.4, -0.2) is 27.4 Å². The van der Waals surface area contributed by atoms with E-state index in [1.54, 1.807) is 0 Å². The molecule has 17 heavy (non-hydrogen) atoms. The normalized spacial score (nSPS) is 12.8. The van der Waals surface area contributed by atoms with Gasteiger partial charge in [-0.2, -0.15) is 0 Å². The van der Waals surface area contributed by atoms with Gasteiger partial charge in [0.25, 0.3) is 0 Å². The molecule has 0 aromatic carbocycles. The molecule has 0 aliphatic carbocycles. The maximum atomic E-state index is 11.2. The van der Waals surface area contributed by atoms with Gasteiger partial charge in [-0.15, -0.1) is 0 Å². The minimum atomic E-state index is -0.783. The van der Waals surface area contributed by atoms with E-state index in [0.717, 1.165) is 12.2 Å². The van der Waals surface area contributed by atoms with E-state index in [0.29, 0.717) is 5.75 Å². The van der Waals surface area contributed by atoms with Crippen LogP contribution >= 0.6 is 0 Å². The van der Waals surface area contributed by atoms with Crippen LogP contribution in [0.5, 0.6) is 0 Å². The van der Waals surface area contributed by atoms with E-state index < -0.39 is 10.8 Å². The predicted octanol–water partition coefficient (Wildman–Crippen LogP) is 3.65. The summed E-state index contributed by atoms with van der Waals surface area (Å²) in [5.74, 6) is 1.23. The first-order chi connectivity index (χ1) is 8.31. The van der Waals surface area contributed by atoms with Crippen molar-refractivity contribution in [3.63, 3.8) is 0 Å². The zero-order valence-corrected chi connectivity index (χ0v) is 12.3. The highest BCUT2D eigenvalue weighted by atomic mass is 32.2. The van der Waals surface area contributed by atoms with Gasteiger partial charge in [0, 0.05) is 22.3 Å². The molecule has 0 unspecified atom stereocenters. The third-order valence-electron chi connectivity index (χ3n) is 3.04. The number of rotatable bonds is 13. The van der Waals surface area contributed by atoms with Gasteiger partial charge in [-0.1, -0.05) is 64.7 Å². The number of aliphatic hydroxyl groups is 1. The molecule has 0 spiro atoms. The first-order valence-corrected chi connectivity index (χ1v) is 8.76. The molecule has 3 heteroatoms. The second kappa shape index (κ2) is 14.2. The largest absolute Gasteiger partial charge is 0.395 e. The van der Waals surface area contributed by atoms with Crippen LogP contribution in [0.4, 0.5) is 0 Å². The van der Waals surface area contributed by atoms with Gasteiger partial charge >= 0.3 is 0 Å². The lowest BCUT2D eigenvalue weighted by Gasteiger charge is -2.02. The van der Waals surface area contributed by atoms with Crippen LogP contribution in [0.3, 0.4) is 0 Å². The summed E-state index contributed by atoms with van der Waals surface area (Å²) in [6, 6.07) is 0. The summed E-state index contributed by atoms with van der Waals surface area (Å²) in [6.07, 6.45) is 13.1. The van der Waals surface area contributed by atoms with Crippen molar-refractivity contribution in [2.45, 2.75) is 71.1 Å². The van der Waals surface area contributed by atoms with Crippen molar-refractivity contribution in [1.29, 1.82) is 0 Å². The molecule has 2 nitrogen and oxygen atoms in total. The monoisotopic (exact) mass is 262 g/mol. The SMILES string of the molecule is CCCCCCCCCCCC[S@](=O)CCO. The highest BCUT2D eigenvalue weighted by Gasteiger charge is 1.98. The molecule has 0 aliphatic heterocycles. The molecule has 0 aliphatic rings. The molecule has 1 N–H and O–H groups in total. The van der Waals surface area contributed by atoms with Crippen LogP contribution in [-0.2, 0) is 10.8 Å². The third kappa shape index (κ3) is 14.0. The Morgan fingerprint density at radius 1 is 0.765 bits per heavy atom. The van der Waals surface area contributed by atoms with Gasteiger partial charge in [0.1, 0.15) is 0 Å². The van der Waals surface area contributed by atoms with Crippen molar-refractivity contribution in [2.75, 3.05) is 18.1 Å². The average molecular weight is 262 g/mol. The maximum Gasteiger partial charge on any atom is 0.0546 e. The fourth-order valence-electron chi connectivity index (χ4n) is 1.95. The lowest BCUT2D eigenvalue weighted by atomic mass is 10.1. The van der Waals surface area contributed by atoms with E-state index in [4.69, 9.17) is 5.11 Å². The zero-order chi connectivity index (χ0) is 12.8. The maximum absolute atomic E-state index is 11.2. The highest BCUT2D eigenvalue weighted by molar-refractivity contribution is 7.84. The molecule has 0 bridgehead atoms. The Labute approximate surface area is 110 Å². The van der Waals surface area contributed by atoms with Crippen molar-refractivity contribution in [3.05, 3.63) is 0 Å². The van der Waals surface area contributed by atoms with Gasteiger partial charge < -0.3 is 5.11 Å². The number of hydrogen-bond donors (Lipinski definition) is 1. The lowest BCUT2D eigenvalue weighted by molar-refractivity contribution is 0.321. The fraction of sp³-hybridized carbons (Fsp3) is 1.00. The quantitative estimate of drug-likeness (QED) is 0.514. The van der Waals surface area contributed by atoms with E-state index in [2.05, 4.69) is 6.92 Å². The summed E-state index contributed by atoms with van der Waals surface area (Å²) in [6.45, 7) is 2.31. The number of unbranched alkanes of at least 4 members (excludes halogenated alkanes) is 9. The second-order valence-corrected chi connectivity index (χ2v) is 6.45. The smallest absolute Gasteiger partial charge is 0.0546 e. The minimum Gasteiger partial charge on any atom is -0.395 e. The molecule has 0 rings (SSSR count). The van der Waals surface area contributed by atoms with Gasteiger partial charge in [-0.3, -0.25) is 4.21 Å². The van der Waals surface area contributed by atoms with Gasteiger partial charge in [0.2, 0.25) is 0 Å². The summed E-state index contributed by atoms with van der Waals surface area (Å²) < 4.78 is 11.2. The molecule has 0 radical (unpaired) electrons. The molecule has 104 valence electrons. The van der Waals surface area contributed by atoms with Crippen LogP contribution in [0.1, 0.15) is 71.1 Å². The molecule has 0 saturated carbocycles. The van der Waals surface area contributed by atoms with E-state index >= 15 is 0 Å². The first-order valence-electron chi connectivity index (χ1n) is 7.27. The van der Waals surface area contributed by atoms with E-state index in [1.165, 1.54) is 57.8 Å². The van der Waals surface area contributed by atoms with Crippen LogP contribution in [0, 0.1) is 0 Å². The minimum absolute atomic E-state index is 0.0599. The molecule has 0 amide bonds. The van der Waals surface area contributed by atoms with E-state index in [9.17, 15) is 4.21 Å². The Morgan fingerprint density at radius 2 is 1.24 bits per heavy atom. The van der Waals surface area contributed by atoms with Crippen LogP contribution < -0.4 is 0 Å². The molecule has 0 fully saturated rings.